The zero-order valence-electron chi connectivity index (χ0n) is 16.9. The molecule has 0 saturated heterocycles. The molecule has 1 heterocycles. The number of nitrogens with zero attached hydrogens (tertiary/aromatic N) is 1. The van der Waals surface area contributed by atoms with E-state index in [0.717, 1.165) is 5.56 Å². The molecular formula is C25H16BrF4N. The van der Waals surface area contributed by atoms with Gasteiger partial charge in [0.05, 0.1) is 4.47 Å². The molecule has 0 fully saturated rings. The average Bonchev–Trinajstić information content (AvgIpc) is 2.75. The molecule has 0 unspecified atom stereocenters. The summed E-state index contributed by atoms with van der Waals surface area (Å²) < 4.78 is 54.7. The number of aromatic nitrogens is 1. The molecule has 1 aromatic heterocycles. The highest BCUT2D eigenvalue weighted by atomic mass is 79.9. The van der Waals surface area contributed by atoms with Crippen LogP contribution in [0.4, 0.5) is 17.6 Å². The highest BCUT2D eigenvalue weighted by Gasteiger charge is 2.23. The molecule has 0 bridgehead atoms. The van der Waals surface area contributed by atoms with Gasteiger partial charge in [-0.3, -0.25) is 0 Å². The predicted molar refractivity (Wildman–Crippen MR) is 115 cm³/mol. The highest BCUT2D eigenvalue weighted by Crippen LogP contribution is 2.28. The fourth-order valence-electron chi connectivity index (χ4n) is 2.64. The Hall–Kier alpha value is -3.09. The molecule has 3 aromatic rings. The van der Waals surface area contributed by atoms with E-state index in [1.807, 2.05) is 32.9 Å². The molecule has 1 nitrogen and oxygen atoms in total. The maximum atomic E-state index is 14.3. The number of hydrogen-bond acceptors (Lipinski definition) is 1. The topological polar surface area (TPSA) is 12.9 Å². The molecular weight excluding hydrogens is 470 g/mol. The number of rotatable bonds is 0. The molecule has 0 aliphatic rings. The molecule has 0 radical (unpaired) electrons. The largest absolute Gasteiger partial charge is 0.248 e. The van der Waals surface area contributed by atoms with E-state index in [1.54, 1.807) is 30.5 Å². The Labute approximate surface area is 186 Å². The van der Waals surface area contributed by atoms with Crippen LogP contribution in [0.5, 0.6) is 0 Å². The summed E-state index contributed by atoms with van der Waals surface area (Å²) in [6, 6.07) is 10.7. The van der Waals surface area contributed by atoms with Crippen molar-refractivity contribution in [3.05, 3.63) is 98.3 Å². The summed E-state index contributed by atoms with van der Waals surface area (Å²) in [4.78, 5) is 4.15. The minimum absolute atomic E-state index is 0.170. The molecule has 0 aliphatic heterocycles. The van der Waals surface area contributed by atoms with Crippen LogP contribution in [-0.4, -0.2) is 4.98 Å². The van der Waals surface area contributed by atoms with Crippen molar-refractivity contribution in [1.82, 2.24) is 4.98 Å². The maximum absolute atomic E-state index is 14.3. The van der Waals surface area contributed by atoms with Crippen molar-refractivity contribution in [1.29, 1.82) is 0 Å². The summed E-state index contributed by atoms with van der Waals surface area (Å²) >= 11 is 2.58. The smallest absolute Gasteiger partial charge is 0.197 e. The molecule has 31 heavy (non-hydrogen) atoms. The number of pyridine rings is 1. The lowest BCUT2D eigenvalue weighted by Crippen LogP contribution is -2.11. The Bertz CT molecular complexity index is 1240. The van der Waals surface area contributed by atoms with Crippen LogP contribution in [0.2, 0.25) is 0 Å². The lowest BCUT2D eigenvalue weighted by molar-refractivity contribution is 0.427. The summed E-state index contributed by atoms with van der Waals surface area (Å²) in [5, 5.41) is 0. The van der Waals surface area contributed by atoms with E-state index in [4.69, 9.17) is 0 Å². The molecule has 0 N–H and O–H groups in total. The predicted octanol–water partition coefficient (Wildman–Crippen LogP) is 6.50. The SMILES string of the molecule is CC(C)(C)c1ccc(C#Cc2c(F)c(F)c(F)c(Br)c2F)c(C#Cc2ccccn2)c1. The van der Waals surface area contributed by atoms with Crippen LogP contribution in [0, 0.1) is 47.0 Å². The molecule has 0 atom stereocenters. The van der Waals surface area contributed by atoms with Gasteiger partial charge in [-0.05, 0) is 57.1 Å². The van der Waals surface area contributed by atoms with Gasteiger partial charge < -0.3 is 0 Å². The third-order valence-electron chi connectivity index (χ3n) is 4.41. The summed E-state index contributed by atoms with van der Waals surface area (Å²) in [5.74, 6) is 4.42. The first-order valence-corrected chi connectivity index (χ1v) is 10.00. The molecule has 6 heteroatoms. The third-order valence-corrected chi connectivity index (χ3v) is 5.10. The van der Waals surface area contributed by atoms with Crippen molar-refractivity contribution >= 4 is 15.9 Å². The van der Waals surface area contributed by atoms with Crippen LogP contribution in [0.1, 0.15) is 48.7 Å². The highest BCUT2D eigenvalue weighted by molar-refractivity contribution is 9.10. The first-order valence-electron chi connectivity index (χ1n) is 9.20. The van der Waals surface area contributed by atoms with E-state index >= 15 is 0 Å². The number of hydrogen-bond donors (Lipinski definition) is 0. The van der Waals surface area contributed by atoms with E-state index in [2.05, 4.69) is 44.6 Å². The van der Waals surface area contributed by atoms with Gasteiger partial charge in [0.15, 0.2) is 23.3 Å². The first-order chi connectivity index (χ1) is 14.6. The first kappa shape index (κ1) is 22.6. The summed E-state index contributed by atoms with van der Waals surface area (Å²) in [6.07, 6.45) is 1.61. The standard InChI is InChI=1S/C25H16BrF4N/c1-25(2,3)17-10-7-15(16(14-17)8-11-18-6-4-5-13-31-18)9-12-19-21(27)20(26)23(29)24(30)22(19)28/h4-7,10,13-14H,1-3H3. The van der Waals surface area contributed by atoms with Crippen LogP contribution in [0.15, 0.2) is 47.1 Å². The van der Waals surface area contributed by atoms with Crippen molar-refractivity contribution < 1.29 is 17.6 Å². The van der Waals surface area contributed by atoms with Crippen molar-refractivity contribution in [2.24, 2.45) is 0 Å². The Morgan fingerprint density at radius 2 is 1.48 bits per heavy atom. The summed E-state index contributed by atoms with van der Waals surface area (Å²) in [6.45, 7) is 6.10. The van der Waals surface area contributed by atoms with E-state index in [9.17, 15) is 17.6 Å². The van der Waals surface area contributed by atoms with Crippen LogP contribution >= 0.6 is 15.9 Å². The van der Waals surface area contributed by atoms with E-state index < -0.39 is 33.3 Å². The number of halogens is 5. The Kier molecular flexibility index (Phi) is 6.53. The van der Waals surface area contributed by atoms with Gasteiger partial charge in [-0.2, -0.15) is 0 Å². The molecule has 0 aliphatic carbocycles. The van der Waals surface area contributed by atoms with Crippen LogP contribution in [0.25, 0.3) is 0 Å². The second-order valence-electron chi connectivity index (χ2n) is 7.67. The van der Waals surface area contributed by atoms with E-state index in [1.165, 1.54) is 0 Å². The molecule has 2 aromatic carbocycles. The Morgan fingerprint density at radius 1 is 0.774 bits per heavy atom. The zero-order chi connectivity index (χ0) is 22.8. The van der Waals surface area contributed by atoms with E-state index in [-0.39, 0.29) is 5.41 Å². The quantitative estimate of drug-likeness (QED) is 0.153. The Morgan fingerprint density at radius 3 is 2.13 bits per heavy atom. The second kappa shape index (κ2) is 8.96. The molecule has 3 rings (SSSR count). The molecule has 0 spiro atoms. The molecule has 0 amide bonds. The summed E-state index contributed by atoms with van der Waals surface area (Å²) in [5.41, 5.74) is 1.40. The lowest BCUT2D eigenvalue weighted by Gasteiger charge is -2.19. The normalized spacial score (nSPS) is 10.7. The minimum atomic E-state index is -1.80. The van der Waals surface area contributed by atoms with Crippen molar-refractivity contribution in [3.63, 3.8) is 0 Å². The Balaban J connectivity index is 2.15. The monoisotopic (exact) mass is 485 g/mol. The maximum Gasteiger partial charge on any atom is 0.197 e. The minimum Gasteiger partial charge on any atom is -0.248 e. The van der Waals surface area contributed by atoms with Crippen molar-refractivity contribution in [3.8, 4) is 23.7 Å². The van der Waals surface area contributed by atoms with Crippen molar-refractivity contribution in [2.75, 3.05) is 0 Å². The van der Waals surface area contributed by atoms with Crippen LogP contribution in [-0.2, 0) is 5.41 Å². The van der Waals surface area contributed by atoms with Gasteiger partial charge in [0.2, 0.25) is 0 Å². The van der Waals surface area contributed by atoms with Gasteiger partial charge in [0, 0.05) is 17.3 Å². The van der Waals surface area contributed by atoms with Crippen molar-refractivity contribution in [2.45, 2.75) is 26.2 Å². The zero-order valence-corrected chi connectivity index (χ0v) is 18.5. The average molecular weight is 486 g/mol. The summed E-state index contributed by atoms with van der Waals surface area (Å²) in [7, 11) is 0. The fourth-order valence-corrected chi connectivity index (χ4v) is 3.01. The van der Waals surface area contributed by atoms with Gasteiger partial charge in [0.1, 0.15) is 11.3 Å². The van der Waals surface area contributed by atoms with E-state index in [0.29, 0.717) is 16.8 Å². The van der Waals surface area contributed by atoms with Gasteiger partial charge in [-0.25, -0.2) is 22.5 Å². The third kappa shape index (κ3) is 4.98. The second-order valence-corrected chi connectivity index (χ2v) is 8.46. The molecule has 0 saturated carbocycles. The fraction of sp³-hybridized carbons (Fsp3) is 0.160. The lowest BCUT2D eigenvalue weighted by atomic mass is 9.85. The van der Waals surface area contributed by atoms with Gasteiger partial charge in [0.25, 0.3) is 0 Å². The van der Waals surface area contributed by atoms with Gasteiger partial charge in [-0.1, -0.05) is 50.7 Å². The molecule has 156 valence electrons. The van der Waals surface area contributed by atoms with Crippen LogP contribution < -0.4 is 0 Å². The van der Waals surface area contributed by atoms with Gasteiger partial charge in [-0.15, -0.1) is 0 Å². The van der Waals surface area contributed by atoms with Crippen LogP contribution in [0.3, 0.4) is 0 Å². The number of benzene rings is 2. The van der Waals surface area contributed by atoms with Gasteiger partial charge >= 0.3 is 0 Å².